The van der Waals surface area contributed by atoms with Crippen LogP contribution in [0.1, 0.15) is 6.92 Å². The fourth-order valence-electron chi connectivity index (χ4n) is 4.25. The smallest absolute Gasteiger partial charge is 0.393 e. The maximum atomic E-state index is 15.2. The molecule has 1 saturated carbocycles. The Morgan fingerprint density at radius 1 is 0.339 bits per heavy atom. The van der Waals surface area contributed by atoms with E-state index in [0.717, 1.165) is 0 Å². The molecule has 368 valence electrons. The highest BCUT2D eigenvalue weighted by Gasteiger charge is 3.08. The zero-order valence-corrected chi connectivity index (χ0v) is 27.0. The van der Waals surface area contributed by atoms with E-state index >= 15 is 4.39 Å². The quantitative estimate of drug-likeness (QED) is 0.111. The number of carbonyl (C=O) groups excluding carboxylic acids is 1. The van der Waals surface area contributed by atoms with Gasteiger partial charge in [0.15, 0.2) is 0 Å². The summed E-state index contributed by atoms with van der Waals surface area (Å²) < 4.78 is 524. The van der Waals surface area contributed by atoms with Gasteiger partial charge in [0, 0.05) is 5.57 Å². The first kappa shape index (κ1) is 56.6. The van der Waals surface area contributed by atoms with Crippen molar-refractivity contribution in [1.29, 1.82) is 0 Å². The van der Waals surface area contributed by atoms with Crippen molar-refractivity contribution in [2.24, 2.45) is 0 Å². The number of hydrogen-bond acceptors (Lipinski definition) is 2. The first-order chi connectivity index (χ1) is 26.1. The molecule has 0 heterocycles. The molecule has 1 aliphatic rings. The molecule has 0 aromatic heterocycles. The molecular formula is C23H5F37O2. The van der Waals surface area contributed by atoms with Crippen LogP contribution in [0.5, 0.6) is 0 Å². The van der Waals surface area contributed by atoms with E-state index in [1.165, 1.54) is 0 Å². The first-order valence-electron chi connectivity index (χ1n) is 13.5. The molecule has 1 rings (SSSR count). The standard InChI is InChI=1S/C23H5F37O2/c1-3(2)4(61)62-23(59,60)22(57,58)21(55,56)20(53,54)19(51,52)18(49,50)17(47,48)14(41,42)11(35,36)8(29,30)5(24)6(25,26)9(31,32)12(37,38)15(43,44)16(45,46)13(39,40)10(33,34)7(5,27)28/h1H2,2H3. The van der Waals surface area contributed by atoms with Crippen molar-refractivity contribution in [3.05, 3.63) is 12.2 Å². The van der Waals surface area contributed by atoms with E-state index in [1.54, 1.807) is 0 Å². The Kier molecular flexibility index (Phi) is 12.2. The average Bonchev–Trinajstić information content (AvgIpc) is 3.05. The van der Waals surface area contributed by atoms with Gasteiger partial charge in [-0.15, -0.1) is 0 Å². The maximum Gasteiger partial charge on any atom is 0.473 e. The lowest BCUT2D eigenvalue weighted by Gasteiger charge is -2.51. The fourth-order valence-corrected chi connectivity index (χ4v) is 4.25. The Balaban J connectivity index is 4.55. The van der Waals surface area contributed by atoms with Crippen LogP contribution >= 0.6 is 0 Å². The van der Waals surface area contributed by atoms with E-state index in [2.05, 4.69) is 11.3 Å². The molecule has 0 N–H and O–H groups in total. The number of alkyl halides is 37. The Morgan fingerprint density at radius 3 is 0.726 bits per heavy atom. The Morgan fingerprint density at radius 2 is 0.516 bits per heavy atom. The van der Waals surface area contributed by atoms with Gasteiger partial charge >= 0.3 is 118 Å². The summed E-state index contributed by atoms with van der Waals surface area (Å²) in [5.41, 5.74) is -13.0. The molecule has 0 aromatic rings. The van der Waals surface area contributed by atoms with Crippen LogP contribution in [0, 0.1) is 0 Å². The highest BCUT2D eigenvalue weighted by Crippen LogP contribution is 2.75. The van der Waals surface area contributed by atoms with Gasteiger partial charge < -0.3 is 4.74 Å². The lowest BCUT2D eigenvalue weighted by molar-refractivity contribution is -0.496. The highest BCUT2D eigenvalue weighted by atomic mass is 19.4. The predicted molar refractivity (Wildman–Crippen MR) is 114 cm³/mol. The Hall–Kier alpha value is -3.38. The molecule has 39 heteroatoms. The van der Waals surface area contributed by atoms with Crippen molar-refractivity contribution in [2.75, 3.05) is 0 Å². The summed E-state index contributed by atoms with van der Waals surface area (Å²) in [4.78, 5) is 10.9. The molecule has 0 saturated heterocycles. The SMILES string of the molecule is C=C(C)C(=O)OC(F)(F)C(F)(F)C(F)(F)C(F)(F)C(F)(F)C(F)(F)C(F)(F)C(F)(F)C(F)(F)C(F)(F)C1(F)C(F)(F)C(F)(F)C(F)(F)C(F)(F)C(F)(F)C(F)(F)C(F)(F)C1(F)F. The third-order valence-corrected chi connectivity index (χ3v) is 8.15. The molecule has 0 radical (unpaired) electrons. The molecule has 0 aromatic carbocycles. The van der Waals surface area contributed by atoms with Crippen molar-refractivity contribution in [3.63, 3.8) is 0 Å². The van der Waals surface area contributed by atoms with Gasteiger partial charge in [-0.2, -0.15) is 158 Å². The van der Waals surface area contributed by atoms with Crippen molar-refractivity contribution >= 4 is 5.97 Å². The summed E-state index contributed by atoms with van der Waals surface area (Å²) in [7, 11) is 0. The van der Waals surface area contributed by atoms with Crippen molar-refractivity contribution in [3.8, 4) is 0 Å². The second-order valence-electron chi connectivity index (χ2n) is 12.1. The van der Waals surface area contributed by atoms with E-state index < -0.39 is 124 Å². The van der Waals surface area contributed by atoms with Gasteiger partial charge in [0.25, 0.3) is 0 Å². The monoisotopic (exact) mass is 1020 g/mol. The van der Waals surface area contributed by atoms with Crippen LogP contribution in [0.25, 0.3) is 0 Å². The van der Waals surface area contributed by atoms with Crippen LogP contribution < -0.4 is 0 Å². The third kappa shape index (κ3) is 5.62. The number of carbonyl (C=O) groups is 1. The zero-order chi connectivity index (χ0) is 51.4. The summed E-state index contributed by atoms with van der Waals surface area (Å²) in [6.07, 6.45) is -7.95. The Bertz CT molecular complexity index is 1710. The summed E-state index contributed by atoms with van der Waals surface area (Å²) in [6.45, 7) is 2.24. The minimum atomic E-state index is -11.3. The Labute approximate surface area is 310 Å². The van der Waals surface area contributed by atoms with E-state index in [4.69, 9.17) is 0 Å². The van der Waals surface area contributed by atoms with Gasteiger partial charge in [0.2, 0.25) is 0 Å². The van der Waals surface area contributed by atoms with Gasteiger partial charge in [0.05, 0.1) is 0 Å². The minimum Gasteiger partial charge on any atom is -0.393 e. The third-order valence-electron chi connectivity index (χ3n) is 8.15. The van der Waals surface area contributed by atoms with Crippen molar-refractivity contribution in [2.45, 2.75) is 119 Å². The number of ether oxygens (including phenoxy) is 1. The van der Waals surface area contributed by atoms with Crippen LogP contribution in [0.15, 0.2) is 12.2 Å². The predicted octanol–water partition coefficient (Wildman–Crippen LogP) is 12.2. The summed E-state index contributed by atoms with van der Waals surface area (Å²) in [5, 5.41) is 0. The second-order valence-corrected chi connectivity index (χ2v) is 12.1. The maximum absolute atomic E-state index is 15.2. The molecule has 0 unspecified atom stereocenters. The average molecular weight is 1020 g/mol. The second kappa shape index (κ2) is 13.4. The van der Waals surface area contributed by atoms with Gasteiger partial charge in [-0.25, -0.2) is 9.18 Å². The lowest BCUT2D eigenvalue weighted by atomic mass is 9.72. The molecule has 62 heavy (non-hydrogen) atoms. The van der Waals surface area contributed by atoms with Gasteiger partial charge in [-0.05, 0) is 6.92 Å². The molecule has 0 aliphatic heterocycles. The van der Waals surface area contributed by atoms with E-state index in [9.17, 15) is 163 Å². The molecule has 1 fully saturated rings. The van der Waals surface area contributed by atoms with Crippen LogP contribution in [0.2, 0.25) is 0 Å². The number of esters is 1. The first-order valence-corrected chi connectivity index (χ1v) is 13.5. The van der Waals surface area contributed by atoms with E-state index in [-0.39, 0.29) is 6.92 Å². The van der Waals surface area contributed by atoms with E-state index in [1.807, 2.05) is 0 Å². The molecule has 0 bridgehead atoms. The topological polar surface area (TPSA) is 26.3 Å². The van der Waals surface area contributed by atoms with Gasteiger partial charge in [-0.3, -0.25) is 0 Å². The van der Waals surface area contributed by atoms with Crippen LogP contribution in [-0.4, -0.2) is 118 Å². The lowest BCUT2D eigenvalue weighted by Crippen LogP contribution is -2.84. The zero-order valence-electron chi connectivity index (χ0n) is 27.0. The molecule has 2 nitrogen and oxygen atoms in total. The van der Waals surface area contributed by atoms with E-state index in [0.29, 0.717) is 0 Å². The summed E-state index contributed by atoms with van der Waals surface area (Å²) >= 11 is 0. The van der Waals surface area contributed by atoms with Crippen LogP contribution in [0.4, 0.5) is 162 Å². The van der Waals surface area contributed by atoms with Gasteiger partial charge in [0.1, 0.15) is 0 Å². The molecular weight excluding hydrogens is 1010 g/mol. The molecule has 0 atom stereocenters. The highest BCUT2D eigenvalue weighted by molar-refractivity contribution is 5.87. The molecule has 1 aliphatic carbocycles. The normalized spacial score (nSPS) is 24.3. The summed E-state index contributed by atoms with van der Waals surface area (Å²) in [5.74, 6) is -178. The van der Waals surface area contributed by atoms with Gasteiger partial charge in [-0.1, -0.05) is 6.58 Å². The minimum absolute atomic E-state index is 0.0315. The van der Waals surface area contributed by atoms with Crippen molar-refractivity contribution < 1.29 is 172 Å². The van der Waals surface area contributed by atoms with Crippen LogP contribution in [0.3, 0.4) is 0 Å². The fraction of sp³-hybridized carbons (Fsp3) is 0.870. The van der Waals surface area contributed by atoms with Crippen molar-refractivity contribution in [1.82, 2.24) is 0 Å². The summed E-state index contributed by atoms with van der Waals surface area (Å²) in [6, 6.07) is 0. The number of hydrogen-bond donors (Lipinski definition) is 0. The largest absolute Gasteiger partial charge is 0.473 e. The molecule has 0 amide bonds. The molecule has 0 spiro atoms. The number of rotatable bonds is 12. The van der Waals surface area contributed by atoms with Crippen LogP contribution in [-0.2, 0) is 9.53 Å². The number of halogens is 37.